The van der Waals surface area contributed by atoms with Gasteiger partial charge in [-0.1, -0.05) is 11.6 Å². The van der Waals surface area contributed by atoms with Crippen LogP contribution in [0.2, 0.25) is 0 Å². The Morgan fingerprint density at radius 3 is 2.55 bits per heavy atom. The van der Waals surface area contributed by atoms with Gasteiger partial charge in [0, 0.05) is 7.11 Å². The lowest BCUT2D eigenvalue weighted by Gasteiger charge is -2.25. The first-order valence-electron chi connectivity index (χ1n) is 6.17. The predicted octanol–water partition coefficient (Wildman–Crippen LogP) is 2.24. The Bertz CT molecular complexity index is 512. The van der Waals surface area contributed by atoms with E-state index in [-0.39, 0.29) is 11.3 Å². The van der Waals surface area contributed by atoms with Crippen LogP contribution in [0.15, 0.2) is 18.2 Å². The third-order valence-corrected chi connectivity index (χ3v) is 2.61. The number of benzene rings is 1. The molecule has 0 aliphatic carbocycles. The zero-order valence-corrected chi connectivity index (χ0v) is 12.1. The highest BCUT2D eigenvalue weighted by Crippen LogP contribution is 2.17. The standard InChI is InChI=1S/C14H20N2O4/c1-9-5-6-11(10(7-9)12(17)18)15-13(19)16-14(2,3)8-20-4/h5-7H,8H2,1-4H3,(H,17,18)(H2,15,16,19). The molecule has 0 atom stereocenters. The molecule has 0 bridgehead atoms. The van der Waals surface area contributed by atoms with Gasteiger partial charge >= 0.3 is 12.0 Å². The van der Waals surface area contributed by atoms with E-state index in [1.165, 1.54) is 6.07 Å². The molecule has 0 unspecified atom stereocenters. The van der Waals surface area contributed by atoms with Gasteiger partial charge in [-0.05, 0) is 32.9 Å². The van der Waals surface area contributed by atoms with Crippen LogP contribution in [0.5, 0.6) is 0 Å². The minimum absolute atomic E-state index is 0.0599. The molecular formula is C14H20N2O4. The number of urea groups is 1. The molecule has 0 spiro atoms. The summed E-state index contributed by atoms with van der Waals surface area (Å²) in [6, 6.07) is 4.35. The molecule has 0 aromatic heterocycles. The summed E-state index contributed by atoms with van der Waals surface area (Å²) in [5.74, 6) is -1.08. The van der Waals surface area contributed by atoms with Crippen LogP contribution in [0.1, 0.15) is 29.8 Å². The van der Waals surface area contributed by atoms with Crippen LogP contribution in [0.25, 0.3) is 0 Å². The van der Waals surface area contributed by atoms with Gasteiger partial charge in [-0.2, -0.15) is 0 Å². The van der Waals surface area contributed by atoms with Gasteiger partial charge < -0.3 is 20.5 Å². The lowest BCUT2D eigenvalue weighted by molar-refractivity contribution is 0.0698. The Hall–Kier alpha value is -2.08. The number of aryl methyl sites for hydroxylation is 1. The Kier molecular flexibility index (Phi) is 5.10. The number of anilines is 1. The Morgan fingerprint density at radius 1 is 1.35 bits per heavy atom. The summed E-state index contributed by atoms with van der Waals surface area (Å²) in [6.07, 6.45) is 0. The SMILES string of the molecule is COCC(C)(C)NC(=O)Nc1ccc(C)cc1C(=O)O. The third-order valence-electron chi connectivity index (χ3n) is 2.61. The van der Waals surface area contributed by atoms with Crippen LogP contribution < -0.4 is 10.6 Å². The predicted molar refractivity (Wildman–Crippen MR) is 76.2 cm³/mol. The number of amides is 2. The highest BCUT2D eigenvalue weighted by Gasteiger charge is 2.21. The quantitative estimate of drug-likeness (QED) is 0.772. The summed E-state index contributed by atoms with van der Waals surface area (Å²) >= 11 is 0. The van der Waals surface area contributed by atoms with Crippen molar-refractivity contribution in [1.29, 1.82) is 0 Å². The second-order valence-corrected chi connectivity index (χ2v) is 5.25. The number of carbonyl (C=O) groups excluding carboxylic acids is 1. The van der Waals surface area contributed by atoms with Gasteiger partial charge in [-0.25, -0.2) is 9.59 Å². The normalized spacial score (nSPS) is 11.0. The van der Waals surface area contributed by atoms with Crippen molar-refractivity contribution in [1.82, 2.24) is 5.32 Å². The van der Waals surface area contributed by atoms with Gasteiger partial charge in [0.05, 0.1) is 23.4 Å². The van der Waals surface area contributed by atoms with Gasteiger partial charge in [0.1, 0.15) is 0 Å². The van der Waals surface area contributed by atoms with Crippen molar-refractivity contribution in [3.63, 3.8) is 0 Å². The van der Waals surface area contributed by atoms with E-state index < -0.39 is 17.5 Å². The topological polar surface area (TPSA) is 87.7 Å². The molecule has 0 saturated carbocycles. The highest BCUT2D eigenvalue weighted by molar-refractivity contribution is 6.00. The number of hydrogen-bond donors (Lipinski definition) is 3. The van der Waals surface area contributed by atoms with E-state index >= 15 is 0 Å². The van der Waals surface area contributed by atoms with E-state index in [0.29, 0.717) is 6.61 Å². The van der Waals surface area contributed by atoms with Gasteiger partial charge in [-0.3, -0.25) is 0 Å². The van der Waals surface area contributed by atoms with Crippen LogP contribution >= 0.6 is 0 Å². The van der Waals surface area contributed by atoms with E-state index in [0.717, 1.165) is 5.56 Å². The van der Waals surface area contributed by atoms with Gasteiger partial charge in [0.15, 0.2) is 0 Å². The van der Waals surface area contributed by atoms with Gasteiger partial charge in [0.25, 0.3) is 0 Å². The number of methoxy groups -OCH3 is 1. The average Bonchev–Trinajstić information content (AvgIpc) is 2.30. The van der Waals surface area contributed by atoms with Crippen molar-refractivity contribution < 1.29 is 19.4 Å². The van der Waals surface area contributed by atoms with Crippen molar-refractivity contribution in [3.05, 3.63) is 29.3 Å². The summed E-state index contributed by atoms with van der Waals surface area (Å²) in [6.45, 7) is 5.75. The lowest BCUT2D eigenvalue weighted by atomic mass is 10.1. The first kappa shape index (κ1) is 16.0. The maximum absolute atomic E-state index is 11.9. The van der Waals surface area contributed by atoms with Crippen molar-refractivity contribution in [3.8, 4) is 0 Å². The second-order valence-electron chi connectivity index (χ2n) is 5.25. The summed E-state index contributed by atoms with van der Waals surface area (Å²) in [5, 5.41) is 14.4. The summed E-state index contributed by atoms with van der Waals surface area (Å²) in [7, 11) is 1.55. The fourth-order valence-electron chi connectivity index (χ4n) is 1.80. The molecule has 0 radical (unpaired) electrons. The number of ether oxygens (including phenoxy) is 1. The number of aromatic carboxylic acids is 1. The smallest absolute Gasteiger partial charge is 0.337 e. The molecule has 0 aliphatic heterocycles. The molecule has 0 aliphatic rings. The lowest BCUT2D eigenvalue weighted by Crippen LogP contribution is -2.48. The summed E-state index contributed by atoms with van der Waals surface area (Å²) in [4.78, 5) is 23.0. The monoisotopic (exact) mass is 280 g/mol. The molecule has 3 N–H and O–H groups in total. The van der Waals surface area contributed by atoms with E-state index in [9.17, 15) is 9.59 Å². The summed E-state index contributed by atoms with van der Waals surface area (Å²) < 4.78 is 5.00. The van der Waals surface area contributed by atoms with Crippen LogP contribution in [-0.4, -0.2) is 36.4 Å². The van der Waals surface area contributed by atoms with E-state index in [1.807, 2.05) is 13.8 Å². The van der Waals surface area contributed by atoms with Crippen molar-refractivity contribution in [2.75, 3.05) is 19.0 Å². The zero-order valence-electron chi connectivity index (χ0n) is 12.1. The molecule has 1 aromatic rings. The maximum atomic E-state index is 11.9. The van der Waals surface area contributed by atoms with Gasteiger partial charge in [0.2, 0.25) is 0 Å². The van der Waals surface area contributed by atoms with Crippen LogP contribution in [0.3, 0.4) is 0 Å². The number of carboxylic acids is 1. The molecule has 1 aromatic carbocycles. The van der Waals surface area contributed by atoms with E-state index in [1.54, 1.807) is 26.2 Å². The molecule has 6 nitrogen and oxygen atoms in total. The zero-order chi connectivity index (χ0) is 15.3. The Labute approximate surface area is 118 Å². The molecule has 20 heavy (non-hydrogen) atoms. The largest absolute Gasteiger partial charge is 0.478 e. The number of carboxylic acid groups (broad SMARTS) is 1. The van der Waals surface area contributed by atoms with Crippen LogP contribution in [0.4, 0.5) is 10.5 Å². The van der Waals surface area contributed by atoms with Gasteiger partial charge in [-0.15, -0.1) is 0 Å². The maximum Gasteiger partial charge on any atom is 0.337 e. The average molecular weight is 280 g/mol. The molecule has 0 saturated heterocycles. The van der Waals surface area contributed by atoms with Crippen molar-refractivity contribution in [2.24, 2.45) is 0 Å². The first-order valence-corrected chi connectivity index (χ1v) is 6.17. The number of rotatable bonds is 5. The molecule has 110 valence electrons. The fraction of sp³-hybridized carbons (Fsp3) is 0.429. The number of nitrogens with one attached hydrogen (secondary N) is 2. The van der Waals surface area contributed by atoms with Crippen LogP contribution in [0, 0.1) is 6.92 Å². The molecule has 2 amide bonds. The molecular weight excluding hydrogens is 260 g/mol. The van der Waals surface area contributed by atoms with Crippen molar-refractivity contribution in [2.45, 2.75) is 26.3 Å². The second kappa shape index (κ2) is 6.38. The van der Waals surface area contributed by atoms with E-state index in [4.69, 9.17) is 9.84 Å². The Morgan fingerprint density at radius 2 is 2.00 bits per heavy atom. The van der Waals surface area contributed by atoms with E-state index in [2.05, 4.69) is 10.6 Å². The fourth-order valence-corrected chi connectivity index (χ4v) is 1.80. The minimum atomic E-state index is -1.08. The third kappa shape index (κ3) is 4.55. The van der Waals surface area contributed by atoms with Crippen LogP contribution in [-0.2, 0) is 4.74 Å². The highest BCUT2D eigenvalue weighted by atomic mass is 16.5. The molecule has 0 heterocycles. The number of carbonyl (C=O) groups is 2. The molecule has 1 rings (SSSR count). The number of hydrogen-bond acceptors (Lipinski definition) is 3. The Balaban J connectivity index is 2.83. The molecule has 0 fully saturated rings. The minimum Gasteiger partial charge on any atom is -0.478 e. The molecule has 6 heteroatoms. The van der Waals surface area contributed by atoms with Crippen molar-refractivity contribution >= 4 is 17.7 Å². The summed E-state index contributed by atoms with van der Waals surface area (Å²) in [5.41, 5.74) is 0.582. The first-order chi connectivity index (χ1) is 9.25.